The molecule has 4 heteroatoms. The van der Waals surface area contributed by atoms with Gasteiger partial charge in [0.15, 0.2) is 11.5 Å². The molecule has 1 fully saturated rings. The Labute approximate surface area is 135 Å². The van der Waals surface area contributed by atoms with E-state index >= 15 is 0 Å². The minimum Gasteiger partial charge on any atom is -0.504 e. The molecule has 0 aromatic heterocycles. The SMILES string of the molecule is Oc1ccc2c(c1O)CC(c1ccccc1)OC2C1CCCN1. The van der Waals surface area contributed by atoms with E-state index in [0.29, 0.717) is 6.42 Å². The van der Waals surface area contributed by atoms with Crippen molar-refractivity contribution in [3.05, 3.63) is 59.2 Å². The van der Waals surface area contributed by atoms with Crippen LogP contribution in [0.25, 0.3) is 0 Å². The largest absolute Gasteiger partial charge is 0.504 e. The second kappa shape index (κ2) is 5.87. The van der Waals surface area contributed by atoms with Crippen molar-refractivity contribution in [2.24, 2.45) is 0 Å². The molecule has 3 N–H and O–H groups in total. The Morgan fingerprint density at radius 1 is 1.04 bits per heavy atom. The lowest BCUT2D eigenvalue weighted by Gasteiger charge is -2.36. The summed E-state index contributed by atoms with van der Waals surface area (Å²) in [6, 6.07) is 13.8. The van der Waals surface area contributed by atoms with Crippen molar-refractivity contribution >= 4 is 0 Å². The molecule has 2 aliphatic heterocycles. The predicted octanol–water partition coefficient (Wildman–Crippen LogP) is 3.20. The van der Waals surface area contributed by atoms with Gasteiger partial charge in [0.2, 0.25) is 0 Å². The minimum absolute atomic E-state index is 0.00488. The van der Waals surface area contributed by atoms with Gasteiger partial charge in [-0.3, -0.25) is 0 Å². The monoisotopic (exact) mass is 311 g/mol. The first-order chi connectivity index (χ1) is 11.2. The molecule has 2 aromatic carbocycles. The maximum atomic E-state index is 10.3. The molecule has 0 saturated carbocycles. The van der Waals surface area contributed by atoms with E-state index in [1.807, 2.05) is 24.3 Å². The number of fused-ring (bicyclic) bond motifs is 1. The number of ether oxygens (including phenoxy) is 1. The van der Waals surface area contributed by atoms with Gasteiger partial charge in [-0.2, -0.15) is 0 Å². The van der Waals surface area contributed by atoms with Crippen LogP contribution in [0.4, 0.5) is 0 Å². The molecule has 0 aliphatic carbocycles. The van der Waals surface area contributed by atoms with Crippen LogP contribution in [0.15, 0.2) is 42.5 Å². The lowest BCUT2D eigenvalue weighted by atomic mass is 9.87. The Bertz CT molecular complexity index is 695. The molecule has 2 heterocycles. The smallest absolute Gasteiger partial charge is 0.161 e. The topological polar surface area (TPSA) is 61.7 Å². The molecule has 0 amide bonds. The summed E-state index contributed by atoms with van der Waals surface area (Å²) in [7, 11) is 0. The van der Waals surface area contributed by atoms with Crippen LogP contribution in [0.3, 0.4) is 0 Å². The van der Waals surface area contributed by atoms with E-state index in [1.165, 1.54) is 0 Å². The number of rotatable bonds is 2. The molecule has 1 saturated heterocycles. The Morgan fingerprint density at radius 3 is 2.61 bits per heavy atom. The van der Waals surface area contributed by atoms with Gasteiger partial charge in [-0.25, -0.2) is 0 Å². The van der Waals surface area contributed by atoms with Gasteiger partial charge in [-0.1, -0.05) is 36.4 Å². The van der Waals surface area contributed by atoms with Crippen molar-refractivity contribution in [3.8, 4) is 11.5 Å². The van der Waals surface area contributed by atoms with Crippen LogP contribution in [0.2, 0.25) is 0 Å². The Morgan fingerprint density at radius 2 is 1.87 bits per heavy atom. The number of hydrogen-bond donors (Lipinski definition) is 3. The molecule has 2 aliphatic rings. The second-order valence-electron chi connectivity index (χ2n) is 6.36. The van der Waals surface area contributed by atoms with Gasteiger partial charge >= 0.3 is 0 Å². The van der Waals surface area contributed by atoms with E-state index in [4.69, 9.17) is 4.74 Å². The fraction of sp³-hybridized carbons (Fsp3) is 0.368. The summed E-state index contributed by atoms with van der Waals surface area (Å²) in [4.78, 5) is 0. The normalized spacial score (nSPS) is 26.9. The first kappa shape index (κ1) is 14.5. The van der Waals surface area contributed by atoms with E-state index in [1.54, 1.807) is 6.07 Å². The van der Waals surface area contributed by atoms with Crippen LogP contribution in [-0.4, -0.2) is 22.8 Å². The van der Waals surface area contributed by atoms with E-state index < -0.39 is 0 Å². The molecule has 3 atom stereocenters. The Balaban J connectivity index is 1.76. The Hall–Kier alpha value is -2.04. The molecule has 23 heavy (non-hydrogen) atoms. The first-order valence-corrected chi connectivity index (χ1v) is 8.21. The van der Waals surface area contributed by atoms with E-state index in [-0.39, 0.29) is 29.7 Å². The summed E-state index contributed by atoms with van der Waals surface area (Å²) >= 11 is 0. The van der Waals surface area contributed by atoms with Gasteiger partial charge < -0.3 is 20.3 Å². The fourth-order valence-corrected chi connectivity index (χ4v) is 3.75. The van der Waals surface area contributed by atoms with Crippen molar-refractivity contribution in [1.29, 1.82) is 0 Å². The van der Waals surface area contributed by atoms with Gasteiger partial charge in [0, 0.05) is 18.0 Å². The molecule has 4 nitrogen and oxygen atoms in total. The van der Waals surface area contributed by atoms with Crippen LogP contribution in [0.1, 0.15) is 41.7 Å². The fourth-order valence-electron chi connectivity index (χ4n) is 3.75. The number of phenolic OH excluding ortho intramolecular Hbond substituents is 2. The van der Waals surface area contributed by atoms with Gasteiger partial charge in [0.25, 0.3) is 0 Å². The molecule has 120 valence electrons. The summed E-state index contributed by atoms with van der Waals surface area (Å²) in [6.07, 6.45) is 2.57. The van der Waals surface area contributed by atoms with Crippen molar-refractivity contribution in [3.63, 3.8) is 0 Å². The predicted molar refractivity (Wildman–Crippen MR) is 87.5 cm³/mol. The number of nitrogens with one attached hydrogen (secondary N) is 1. The highest BCUT2D eigenvalue weighted by atomic mass is 16.5. The zero-order valence-electron chi connectivity index (χ0n) is 12.9. The molecule has 0 bridgehead atoms. The maximum absolute atomic E-state index is 10.3. The number of hydrogen-bond acceptors (Lipinski definition) is 4. The van der Waals surface area contributed by atoms with Crippen LogP contribution in [-0.2, 0) is 11.2 Å². The minimum atomic E-state index is -0.108. The molecule has 3 unspecified atom stereocenters. The third-order valence-corrected chi connectivity index (χ3v) is 4.94. The van der Waals surface area contributed by atoms with Crippen LogP contribution < -0.4 is 5.32 Å². The second-order valence-corrected chi connectivity index (χ2v) is 6.36. The van der Waals surface area contributed by atoms with Crippen molar-refractivity contribution in [2.75, 3.05) is 6.54 Å². The van der Waals surface area contributed by atoms with E-state index in [9.17, 15) is 10.2 Å². The van der Waals surface area contributed by atoms with Gasteiger partial charge in [-0.05, 0) is 36.6 Å². The third-order valence-electron chi connectivity index (χ3n) is 4.94. The van der Waals surface area contributed by atoms with Gasteiger partial charge in [-0.15, -0.1) is 0 Å². The molecule has 2 aromatic rings. The van der Waals surface area contributed by atoms with E-state index in [2.05, 4.69) is 17.4 Å². The highest BCUT2D eigenvalue weighted by molar-refractivity contribution is 5.51. The zero-order valence-corrected chi connectivity index (χ0v) is 12.9. The average Bonchev–Trinajstić information content (AvgIpc) is 3.13. The van der Waals surface area contributed by atoms with Crippen molar-refractivity contribution in [2.45, 2.75) is 37.5 Å². The first-order valence-electron chi connectivity index (χ1n) is 8.21. The third kappa shape index (κ3) is 2.58. The molecular formula is C19H21NO3. The lowest BCUT2D eigenvalue weighted by molar-refractivity contribution is -0.0444. The zero-order chi connectivity index (χ0) is 15.8. The number of aromatic hydroxyl groups is 2. The van der Waals surface area contributed by atoms with Gasteiger partial charge in [0.1, 0.15) is 0 Å². The summed E-state index contributed by atoms with van der Waals surface area (Å²) in [5, 5.41) is 23.7. The quantitative estimate of drug-likeness (QED) is 0.745. The van der Waals surface area contributed by atoms with Crippen LogP contribution in [0.5, 0.6) is 11.5 Å². The molecule has 0 radical (unpaired) electrons. The van der Waals surface area contributed by atoms with Crippen LogP contribution >= 0.6 is 0 Å². The van der Waals surface area contributed by atoms with Gasteiger partial charge in [0.05, 0.1) is 12.2 Å². The standard InChI is InChI=1S/C19H21NO3/c21-16-9-8-13-14(18(16)22)11-17(12-5-2-1-3-6-12)23-19(13)15-7-4-10-20-15/h1-3,5-6,8-9,15,17,19-22H,4,7,10-11H2. The molecule has 0 spiro atoms. The summed E-state index contributed by atoms with van der Waals surface area (Å²) < 4.78 is 6.42. The molecular weight excluding hydrogens is 290 g/mol. The van der Waals surface area contributed by atoms with Crippen LogP contribution in [0, 0.1) is 0 Å². The molecule has 4 rings (SSSR count). The average molecular weight is 311 g/mol. The summed E-state index contributed by atoms with van der Waals surface area (Å²) in [5.41, 5.74) is 2.90. The highest BCUT2D eigenvalue weighted by Crippen LogP contribution is 2.46. The summed E-state index contributed by atoms with van der Waals surface area (Å²) in [5.74, 6) is -0.0645. The van der Waals surface area contributed by atoms with E-state index in [0.717, 1.165) is 36.1 Å². The summed E-state index contributed by atoms with van der Waals surface area (Å²) in [6.45, 7) is 1.000. The van der Waals surface area contributed by atoms with Crippen molar-refractivity contribution in [1.82, 2.24) is 5.32 Å². The maximum Gasteiger partial charge on any atom is 0.161 e. The Kier molecular flexibility index (Phi) is 3.71. The lowest BCUT2D eigenvalue weighted by Crippen LogP contribution is -2.35. The number of benzene rings is 2. The number of phenols is 2. The highest BCUT2D eigenvalue weighted by Gasteiger charge is 2.36. The van der Waals surface area contributed by atoms with Crippen molar-refractivity contribution < 1.29 is 14.9 Å².